The smallest absolute Gasteiger partial charge is 0.279 e. The fraction of sp³-hybridized carbons (Fsp3) is 0.269. The van der Waals surface area contributed by atoms with Gasteiger partial charge in [0.25, 0.3) is 11.5 Å². The minimum absolute atomic E-state index is 0.164. The molecule has 2 aliphatic rings. The minimum atomic E-state index is -0.332. The van der Waals surface area contributed by atoms with Gasteiger partial charge in [0, 0.05) is 50.0 Å². The highest BCUT2D eigenvalue weighted by Gasteiger charge is 2.27. The lowest BCUT2D eigenvalue weighted by atomic mass is 10.0. The van der Waals surface area contributed by atoms with Gasteiger partial charge in [-0.05, 0) is 24.6 Å². The number of aromatic nitrogens is 3. The summed E-state index contributed by atoms with van der Waals surface area (Å²) in [6, 6.07) is 15.5. The summed E-state index contributed by atoms with van der Waals surface area (Å²) in [5.41, 5.74) is 4.23. The second-order valence-electron chi connectivity index (χ2n) is 8.74. The average Bonchev–Trinajstić information content (AvgIpc) is 3.53. The molecule has 2 aliphatic heterocycles. The van der Waals surface area contributed by atoms with E-state index in [1.165, 1.54) is 16.3 Å². The van der Waals surface area contributed by atoms with E-state index in [1.54, 1.807) is 18.2 Å². The van der Waals surface area contributed by atoms with E-state index in [9.17, 15) is 9.59 Å². The fourth-order valence-corrected chi connectivity index (χ4v) is 4.95. The lowest BCUT2D eigenvalue weighted by molar-refractivity contribution is 0.102. The van der Waals surface area contributed by atoms with E-state index in [4.69, 9.17) is 9.47 Å². The molecule has 6 rings (SSSR count). The Hall–Kier alpha value is -4.11. The van der Waals surface area contributed by atoms with Crippen LogP contribution in [0, 0.1) is 0 Å². The standard InChI is InChI=1S/C26H25N5O4/c1-2-30-21-10-11-29(14-17-6-4-3-5-7-17)15-20(21)26(33)31-25(30)19(13-27-31)24(32)28-18-8-9-22-23(12-18)35-16-34-22/h3-9,12-13H,2,10-11,14-16H2,1H3,(H,28,32). The molecule has 35 heavy (non-hydrogen) atoms. The van der Waals surface area contributed by atoms with Crippen LogP contribution in [0.1, 0.15) is 34.1 Å². The van der Waals surface area contributed by atoms with Crippen molar-refractivity contribution in [2.75, 3.05) is 18.7 Å². The third kappa shape index (κ3) is 3.74. The number of hydrogen-bond donors (Lipinski definition) is 1. The summed E-state index contributed by atoms with van der Waals surface area (Å²) < 4.78 is 14.2. The van der Waals surface area contributed by atoms with Crippen molar-refractivity contribution < 1.29 is 14.3 Å². The average molecular weight is 472 g/mol. The Balaban J connectivity index is 1.33. The van der Waals surface area contributed by atoms with Crippen LogP contribution in [0.15, 0.2) is 59.5 Å². The molecule has 1 amide bonds. The van der Waals surface area contributed by atoms with Crippen molar-refractivity contribution >= 4 is 17.2 Å². The zero-order valence-corrected chi connectivity index (χ0v) is 19.4. The van der Waals surface area contributed by atoms with Gasteiger partial charge in [0.05, 0.1) is 11.8 Å². The molecule has 0 radical (unpaired) electrons. The Kier molecular flexibility index (Phi) is 5.26. The summed E-state index contributed by atoms with van der Waals surface area (Å²) in [5.74, 6) is 0.899. The highest BCUT2D eigenvalue weighted by Crippen LogP contribution is 2.34. The Morgan fingerprint density at radius 3 is 2.77 bits per heavy atom. The quantitative estimate of drug-likeness (QED) is 0.481. The van der Waals surface area contributed by atoms with Crippen molar-refractivity contribution in [2.45, 2.75) is 33.0 Å². The van der Waals surface area contributed by atoms with Crippen LogP contribution in [0.5, 0.6) is 11.5 Å². The zero-order valence-electron chi connectivity index (χ0n) is 19.4. The van der Waals surface area contributed by atoms with Gasteiger partial charge >= 0.3 is 0 Å². The van der Waals surface area contributed by atoms with Crippen LogP contribution in [0.3, 0.4) is 0 Å². The number of anilines is 1. The molecule has 0 aliphatic carbocycles. The number of rotatable bonds is 5. The Morgan fingerprint density at radius 1 is 1.11 bits per heavy atom. The summed E-state index contributed by atoms with van der Waals surface area (Å²) in [6.45, 7) is 4.99. The molecule has 0 unspecified atom stereocenters. The van der Waals surface area contributed by atoms with Gasteiger partial charge in [-0.25, -0.2) is 0 Å². The number of fused-ring (bicyclic) bond motifs is 3. The normalized spacial score (nSPS) is 14.8. The number of ether oxygens (including phenoxy) is 2. The molecular weight excluding hydrogens is 446 g/mol. The van der Waals surface area contributed by atoms with Crippen molar-refractivity contribution in [1.29, 1.82) is 0 Å². The number of aryl methyl sites for hydroxylation is 1. The number of benzene rings is 2. The SMILES string of the molecule is CCn1c2c(c(=O)n3ncc(C(=O)Nc4ccc5c(c4)OCO5)c13)CN(Cc1ccccc1)CC2. The maximum atomic E-state index is 13.5. The number of nitrogens with zero attached hydrogens (tertiary/aromatic N) is 4. The van der Waals surface area contributed by atoms with Gasteiger partial charge in [-0.1, -0.05) is 30.3 Å². The first-order valence-corrected chi connectivity index (χ1v) is 11.7. The third-order valence-corrected chi connectivity index (χ3v) is 6.61. The molecule has 4 aromatic rings. The third-order valence-electron chi connectivity index (χ3n) is 6.61. The molecule has 4 heterocycles. The highest BCUT2D eigenvalue weighted by atomic mass is 16.7. The predicted octanol–water partition coefficient (Wildman–Crippen LogP) is 3.06. The van der Waals surface area contributed by atoms with Crippen LogP contribution >= 0.6 is 0 Å². The first-order valence-electron chi connectivity index (χ1n) is 11.7. The Bertz CT molecular complexity index is 1490. The van der Waals surface area contributed by atoms with Crippen LogP contribution in [0.25, 0.3) is 5.65 Å². The molecule has 0 atom stereocenters. The van der Waals surface area contributed by atoms with Crippen LogP contribution in [-0.2, 0) is 26.1 Å². The first-order chi connectivity index (χ1) is 17.1. The molecule has 2 aromatic heterocycles. The van der Waals surface area contributed by atoms with E-state index in [1.807, 2.05) is 25.1 Å². The van der Waals surface area contributed by atoms with E-state index in [0.717, 1.165) is 30.8 Å². The molecule has 1 N–H and O–H groups in total. The van der Waals surface area contributed by atoms with Gasteiger partial charge in [-0.3, -0.25) is 14.5 Å². The number of nitrogens with one attached hydrogen (secondary N) is 1. The Labute approximate surface area is 201 Å². The molecule has 0 fully saturated rings. The van der Waals surface area contributed by atoms with Crippen LogP contribution in [-0.4, -0.2) is 38.3 Å². The number of hydrogen-bond acceptors (Lipinski definition) is 6. The molecular formula is C26H25N5O4. The maximum Gasteiger partial charge on any atom is 0.279 e. The van der Waals surface area contributed by atoms with E-state index in [2.05, 4.69) is 32.0 Å². The summed E-state index contributed by atoms with van der Waals surface area (Å²) in [7, 11) is 0. The second kappa shape index (κ2) is 8.59. The van der Waals surface area contributed by atoms with E-state index >= 15 is 0 Å². The predicted molar refractivity (Wildman–Crippen MR) is 130 cm³/mol. The minimum Gasteiger partial charge on any atom is -0.454 e. The van der Waals surface area contributed by atoms with E-state index in [-0.39, 0.29) is 18.3 Å². The fourth-order valence-electron chi connectivity index (χ4n) is 4.95. The largest absolute Gasteiger partial charge is 0.454 e. The van der Waals surface area contributed by atoms with Gasteiger partial charge in [0.2, 0.25) is 6.79 Å². The summed E-state index contributed by atoms with van der Waals surface area (Å²) >= 11 is 0. The van der Waals surface area contributed by atoms with Crippen molar-refractivity contribution in [3.8, 4) is 11.5 Å². The molecule has 9 heteroatoms. The number of carbonyl (C=O) groups excluding carboxylic acids is 1. The molecule has 9 nitrogen and oxygen atoms in total. The van der Waals surface area contributed by atoms with Gasteiger partial charge in [-0.2, -0.15) is 9.61 Å². The zero-order chi connectivity index (χ0) is 23.9. The highest BCUT2D eigenvalue weighted by molar-refractivity contribution is 6.08. The molecule has 0 spiro atoms. The molecule has 0 saturated carbocycles. The molecule has 2 aromatic carbocycles. The molecule has 178 valence electrons. The van der Waals surface area contributed by atoms with Crippen molar-refractivity contribution in [1.82, 2.24) is 19.1 Å². The number of carbonyl (C=O) groups is 1. The molecule has 0 saturated heterocycles. The first kappa shape index (κ1) is 21.4. The molecule has 0 bridgehead atoms. The monoisotopic (exact) mass is 471 g/mol. The van der Waals surface area contributed by atoms with Crippen LogP contribution in [0.2, 0.25) is 0 Å². The van der Waals surface area contributed by atoms with Crippen molar-refractivity contribution in [3.05, 3.63) is 87.5 Å². The van der Waals surface area contributed by atoms with E-state index in [0.29, 0.717) is 41.5 Å². The lowest BCUT2D eigenvalue weighted by Gasteiger charge is -2.30. The van der Waals surface area contributed by atoms with Gasteiger partial charge in [-0.15, -0.1) is 0 Å². The lowest BCUT2D eigenvalue weighted by Crippen LogP contribution is -2.38. The summed E-state index contributed by atoms with van der Waals surface area (Å²) in [5, 5.41) is 7.22. The topological polar surface area (TPSA) is 90.1 Å². The summed E-state index contributed by atoms with van der Waals surface area (Å²) in [4.78, 5) is 29.0. The van der Waals surface area contributed by atoms with Crippen molar-refractivity contribution in [2.24, 2.45) is 0 Å². The second-order valence-corrected chi connectivity index (χ2v) is 8.74. The van der Waals surface area contributed by atoms with Crippen LogP contribution in [0.4, 0.5) is 5.69 Å². The van der Waals surface area contributed by atoms with Gasteiger partial charge in [0.15, 0.2) is 17.1 Å². The number of amides is 1. The Morgan fingerprint density at radius 2 is 1.94 bits per heavy atom. The van der Waals surface area contributed by atoms with Crippen LogP contribution < -0.4 is 20.3 Å². The van der Waals surface area contributed by atoms with Crippen molar-refractivity contribution in [3.63, 3.8) is 0 Å². The van der Waals surface area contributed by atoms with Gasteiger partial charge < -0.3 is 19.4 Å². The summed E-state index contributed by atoms with van der Waals surface area (Å²) in [6.07, 6.45) is 2.20. The van der Waals surface area contributed by atoms with E-state index < -0.39 is 0 Å². The van der Waals surface area contributed by atoms with Gasteiger partial charge in [0.1, 0.15) is 5.56 Å². The maximum absolute atomic E-state index is 13.5.